The molecule has 42 heavy (non-hydrogen) atoms. The van der Waals surface area contributed by atoms with Crippen LogP contribution in [0.5, 0.6) is 11.5 Å². The zero-order chi connectivity index (χ0) is 29.3. The van der Waals surface area contributed by atoms with Crippen LogP contribution in [-0.2, 0) is 10.9 Å². The van der Waals surface area contributed by atoms with Gasteiger partial charge in [-0.25, -0.2) is 4.98 Å². The number of halogens is 3. The maximum Gasteiger partial charge on any atom is 0.418 e. The number of ether oxygens (including phenoxy) is 3. The summed E-state index contributed by atoms with van der Waals surface area (Å²) < 4.78 is 58.4. The minimum Gasteiger partial charge on any atom is -0.485 e. The third-order valence-electron chi connectivity index (χ3n) is 8.01. The summed E-state index contributed by atoms with van der Waals surface area (Å²) in [7, 11) is 0. The lowest BCUT2D eigenvalue weighted by Gasteiger charge is -2.40. The molecule has 1 amide bonds. The Hall–Kier alpha value is -3.71. The maximum atomic E-state index is 13.7. The van der Waals surface area contributed by atoms with Crippen molar-refractivity contribution in [3.8, 4) is 11.5 Å². The summed E-state index contributed by atoms with van der Waals surface area (Å²) in [5.74, 6) is 0.941. The van der Waals surface area contributed by atoms with Crippen LogP contribution in [0.15, 0.2) is 24.4 Å². The molecule has 3 aliphatic heterocycles. The molecular formula is C29H35F3N6O4. The third kappa shape index (κ3) is 5.67. The maximum absolute atomic E-state index is 13.7. The van der Waals surface area contributed by atoms with Gasteiger partial charge in [0.05, 0.1) is 35.4 Å². The first-order valence-corrected chi connectivity index (χ1v) is 14.5. The predicted molar refractivity (Wildman–Crippen MR) is 152 cm³/mol. The van der Waals surface area contributed by atoms with Gasteiger partial charge < -0.3 is 34.7 Å². The number of amides is 1. The molecule has 13 heteroatoms. The Morgan fingerprint density at radius 3 is 2.50 bits per heavy atom. The SMILES string of the molecule is CCCNc1cc(Nc2ccc(C(=O)N3CCC(N4CCOCC4)CC3)c3c2OCCO3)nc2[nH]cc(C(F)(F)F)c12. The van der Waals surface area contributed by atoms with Gasteiger partial charge in [0.15, 0.2) is 11.5 Å². The smallest absolute Gasteiger partial charge is 0.418 e. The number of nitrogens with one attached hydrogen (secondary N) is 3. The highest BCUT2D eigenvalue weighted by atomic mass is 19.4. The highest BCUT2D eigenvalue weighted by molar-refractivity contribution is 6.00. The number of hydrogen-bond acceptors (Lipinski definition) is 8. The lowest BCUT2D eigenvalue weighted by molar-refractivity contribution is -0.136. The number of fused-ring (bicyclic) bond motifs is 2. The van der Waals surface area contributed by atoms with Gasteiger partial charge in [-0.1, -0.05) is 6.92 Å². The van der Waals surface area contributed by atoms with Crippen LogP contribution in [0.1, 0.15) is 42.1 Å². The fourth-order valence-electron chi connectivity index (χ4n) is 5.91. The van der Waals surface area contributed by atoms with E-state index in [1.54, 1.807) is 18.2 Å². The standard InChI is InChI=1S/C29H35F3N6O4/c1-2-7-33-22-16-23(36-27-24(22)20(17-34-27)29(30,31)32)35-21-4-3-19(25-26(21)42-15-14-41-25)28(39)38-8-5-18(6-9-38)37-10-12-40-13-11-37/h3-4,16-18H,2,5-15H2,1H3,(H3,33,34,35,36). The zero-order valence-corrected chi connectivity index (χ0v) is 23.5. The van der Waals surface area contributed by atoms with Crippen molar-refractivity contribution in [3.63, 3.8) is 0 Å². The molecule has 1 aromatic carbocycles. The summed E-state index contributed by atoms with van der Waals surface area (Å²) in [6.45, 7) is 7.70. The van der Waals surface area contributed by atoms with E-state index in [2.05, 4.69) is 25.5 Å². The number of aromatic nitrogens is 2. The number of rotatable bonds is 7. The van der Waals surface area contributed by atoms with E-state index in [4.69, 9.17) is 14.2 Å². The average Bonchev–Trinajstić information content (AvgIpc) is 3.45. The van der Waals surface area contributed by atoms with E-state index in [0.717, 1.165) is 51.8 Å². The molecule has 2 aromatic heterocycles. The Morgan fingerprint density at radius 2 is 1.79 bits per heavy atom. The number of H-pyrrole nitrogens is 1. The second-order valence-corrected chi connectivity index (χ2v) is 10.7. The first kappa shape index (κ1) is 28.4. The van der Waals surface area contributed by atoms with Gasteiger partial charge in [0.2, 0.25) is 0 Å². The molecule has 0 radical (unpaired) electrons. The number of carbonyl (C=O) groups is 1. The zero-order valence-electron chi connectivity index (χ0n) is 23.5. The highest BCUT2D eigenvalue weighted by Crippen LogP contribution is 2.44. The molecule has 226 valence electrons. The fraction of sp³-hybridized carbons (Fsp3) is 0.517. The van der Waals surface area contributed by atoms with Crippen LogP contribution in [0.3, 0.4) is 0 Å². The lowest BCUT2D eigenvalue weighted by Crippen LogP contribution is -2.50. The monoisotopic (exact) mass is 588 g/mol. The molecular weight excluding hydrogens is 553 g/mol. The number of carbonyl (C=O) groups excluding carboxylic acids is 1. The number of nitrogens with zero attached hydrogens (tertiary/aromatic N) is 3. The number of aromatic amines is 1. The highest BCUT2D eigenvalue weighted by Gasteiger charge is 2.36. The Morgan fingerprint density at radius 1 is 1.05 bits per heavy atom. The van der Waals surface area contributed by atoms with Gasteiger partial charge in [0.25, 0.3) is 5.91 Å². The van der Waals surface area contributed by atoms with Crippen LogP contribution in [-0.4, -0.2) is 90.9 Å². The van der Waals surface area contributed by atoms with Crippen molar-refractivity contribution in [1.82, 2.24) is 19.8 Å². The van der Waals surface area contributed by atoms with Crippen LogP contribution in [0, 0.1) is 0 Å². The number of likely N-dealkylation sites (tertiary alicyclic amines) is 1. The topological polar surface area (TPSA) is 104 Å². The minimum absolute atomic E-state index is 0.0125. The largest absolute Gasteiger partial charge is 0.485 e. The molecule has 5 heterocycles. The molecule has 0 atom stereocenters. The van der Waals surface area contributed by atoms with Gasteiger partial charge in [-0.3, -0.25) is 9.69 Å². The Labute approximate surface area is 241 Å². The summed E-state index contributed by atoms with van der Waals surface area (Å²) in [6, 6.07) is 5.43. The molecule has 3 aliphatic rings. The van der Waals surface area contributed by atoms with Gasteiger partial charge in [-0.05, 0) is 31.4 Å². The molecule has 0 spiro atoms. The molecule has 2 fully saturated rings. The molecule has 10 nitrogen and oxygen atoms in total. The van der Waals surface area contributed by atoms with Crippen LogP contribution in [0.4, 0.5) is 30.4 Å². The molecule has 0 saturated carbocycles. The number of alkyl halides is 3. The van der Waals surface area contributed by atoms with E-state index < -0.39 is 11.7 Å². The van der Waals surface area contributed by atoms with Crippen LogP contribution in [0.25, 0.3) is 11.0 Å². The fourth-order valence-corrected chi connectivity index (χ4v) is 5.91. The summed E-state index contributed by atoms with van der Waals surface area (Å²) in [5, 5.41) is 6.26. The van der Waals surface area contributed by atoms with Crippen molar-refractivity contribution in [3.05, 3.63) is 35.5 Å². The third-order valence-corrected chi connectivity index (χ3v) is 8.01. The van der Waals surface area contributed by atoms with E-state index in [1.807, 2.05) is 11.8 Å². The lowest BCUT2D eigenvalue weighted by atomic mass is 10.0. The van der Waals surface area contributed by atoms with E-state index in [9.17, 15) is 18.0 Å². The van der Waals surface area contributed by atoms with Gasteiger partial charge >= 0.3 is 6.18 Å². The molecule has 2 saturated heterocycles. The summed E-state index contributed by atoms with van der Waals surface area (Å²) in [4.78, 5) is 25.0. The minimum atomic E-state index is -4.53. The van der Waals surface area contributed by atoms with Crippen molar-refractivity contribution in [2.75, 3.05) is 69.8 Å². The van der Waals surface area contributed by atoms with Gasteiger partial charge in [-0.15, -0.1) is 0 Å². The molecule has 0 bridgehead atoms. The number of piperidine rings is 1. The van der Waals surface area contributed by atoms with Gasteiger partial charge in [-0.2, -0.15) is 13.2 Å². The van der Waals surface area contributed by atoms with Crippen LogP contribution >= 0.6 is 0 Å². The number of pyridine rings is 1. The van der Waals surface area contributed by atoms with Crippen molar-refractivity contribution >= 4 is 34.1 Å². The molecule has 6 rings (SSSR count). The Kier molecular flexibility index (Phi) is 8.04. The van der Waals surface area contributed by atoms with E-state index in [-0.39, 0.29) is 16.9 Å². The first-order valence-electron chi connectivity index (χ1n) is 14.5. The number of hydrogen-bond donors (Lipinski definition) is 3. The molecule has 0 unspecified atom stereocenters. The van der Waals surface area contributed by atoms with Crippen molar-refractivity contribution < 1.29 is 32.2 Å². The quantitative estimate of drug-likeness (QED) is 0.360. The van der Waals surface area contributed by atoms with Crippen molar-refractivity contribution in [2.24, 2.45) is 0 Å². The first-order chi connectivity index (χ1) is 20.3. The van der Waals surface area contributed by atoms with Gasteiger partial charge in [0, 0.05) is 56.7 Å². The molecule has 3 aromatic rings. The van der Waals surface area contributed by atoms with E-state index in [0.29, 0.717) is 73.1 Å². The normalized spacial score (nSPS) is 18.3. The second-order valence-electron chi connectivity index (χ2n) is 10.7. The number of morpholine rings is 1. The van der Waals surface area contributed by atoms with Crippen LogP contribution < -0.4 is 20.1 Å². The molecule has 3 N–H and O–H groups in total. The number of anilines is 3. The predicted octanol–water partition coefficient (Wildman–Crippen LogP) is 4.86. The van der Waals surface area contributed by atoms with Crippen molar-refractivity contribution in [1.29, 1.82) is 0 Å². The summed E-state index contributed by atoms with van der Waals surface area (Å²) in [5.41, 5.74) is 0.567. The average molecular weight is 589 g/mol. The van der Waals surface area contributed by atoms with E-state index in [1.165, 1.54) is 0 Å². The number of benzene rings is 1. The van der Waals surface area contributed by atoms with Crippen molar-refractivity contribution in [2.45, 2.75) is 38.4 Å². The van der Waals surface area contributed by atoms with Crippen LogP contribution in [0.2, 0.25) is 0 Å². The summed E-state index contributed by atoms with van der Waals surface area (Å²) >= 11 is 0. The van der Waals surface area contributed by atoms with Gasteiger partial charge in [0.1, 0.15) is 24.7 Å². The molecule has 0 aliphatic carbocycles. The second kappa shape index (κ2) is 11.9. The Balaban J connectivity index is 1.24. The van der Waals surface area contributed by atoms with E-state index >= 15 is 0 Å². The summed E-state index contributed by atoms with van der Waals surface area (Å²) in [6.07, 6.45) is -1.05. The Bertz CT molecular complexity index is 1430.